The maximum absolute atomic E-state index is 13.6. The Morgan fingerprint density at radius 2 is 1.95 bits per heavy atom. The van der Waals surface area contributed by atoms with Crippen molar-refractivity contribution in [3.05, 3.63) is 58.0 Å². The van der Waals surface area contributed by atoms with E-state index in [2.05, 4.69) is 10.4 Å². The van der Waals surface area contributed by atoms with Gasteiger partial charge in [0.1, 0.15) is 11.6 Å². The van der Waals surface area contributed by atoms with Crippen LogP contribution in [0.3, 0.4) is 0 Å². The summed E-state index contributed by atoms with van der Waals surface area (Å²) in [5.41, 5.74) is 0.0142. The van der Waals surface area contributed by atoms with Crippen molar-refractivity contribution in [2.24, 2.45) is 5.92 Å². The lowest BCUT2D eigenvalue weighted by atomic mass is 10.2. The Balaban J connectivity index is 2.20. The van der Waals surface area contributed by atoms with E-state index in [1.54, 1.807) is 0 Å². The highest BCUT2D eigenvalue weighted by Crippen LogP contribution is 2.12. The van der Waals surface area contributed by atoms with Crippen LogP contribution in [0.25, 0.3) is 0 Å². The molecule has 2 aromatic rings. The van der Waals surface area contributed by atoms with E-state index in [1.807, 2.05) is 13.8 Å². The molecule has 0 atom stereocenters. The summed E-state index contributed by atoms with van der Waals surface area (Å²) in [4.78, 5) is 11.9. The summed E-state index contributed by atoms with van der Waals surface area (Å²) in [6, 6.07) is 4.96. The van der Waals surface area contributed by atoms with Crippen LogP contribution < -0.4 is 10.9 Å². The first-order chi connectivity index (χ1) is 9.97. The van der Waals surface area contributed by atoms with Gasteiger partial charge in [-0.05, 0) is 18.1 Å². The SMILES string of the molecule is CC(C)CNc1cnn(Cc2c(F)cccc2F)c(=O)c1. The van der Waals surface area contributed by atoms with Gasteiger partial charge in [0.2, 0.25) is 0 Å². The van der Waals surface area contributed by atoms with Crippen LogP contribution in [0.4, 0.5) is 14.5 Å². The van der Waals surface area contributed by atoms with Gasteiger partial charge < -0.3 is 5.32 Å². The molecule has 1 N–H and O–H groups in total. The molecule has 0 aliphatic rings. The summed E-state index contributed by atoms with van der Waals surface area (Å²) in [6.07, 6.45) is 1.47. The minimum absolute atomic E-state index is 0.171. The van der Waals surface area contributed by atoms with E-state index in [-0.39, 0.29) is 12.1 Å². The van der Waals surface area contributed by atoms with Crippen LogP contribution in [-0.4, -0.2) is 16.3 Å². The third-order valence-electron chi connectivity index (χ3n) is 2.95. The van der Waals surface area contributed by atoms with Gasteiger partial charge in [0.25, 0.3) is 5.56 Å². The Labute approximate surface area is 121 Å². The molecule has 0 aliphatic heterocycles. The number of benzene rings is 1. The standard InChI is InChI=1S/C15H17F2N3O/c1-10(2)7-18-11-6-15(21)20(19-8-11)9-12-13(16)4-3-5-14(12)17/h3-6,8,10,18H,7,9H2,1-2H3. The molecule has 2 rings (SSSR count). The highest BCUT2D eigenvalue weighted by atomic mass is 19.1. The van der Waals surface area contributed by atoms with Crippen LogP contribution in [0.1, 0.15) is 19.4 Å². The van der Waals surface area contributed by atoms with Crippen molar-refractivity contribution in [2.45, 2.75) is 20.4 Å². The Bertz CT molecular complexity index is 663. The van der Waals surface area contributed by atoms with Gasteiger partial charge in [0, 0.05) is 18.2 Å². The van der Waals surface area contributed by atoms with Crippen molar-refractivity contribution in [3.63, 3.8) is 0 Å². The zero-order valence-corrected chi connectivity index (χ0v) is 11.9. The van der Waals surface area contributed by atoms with Crippen LogP contribution in [-0.2, 0) is 6.54 Å². The first kappa shape index (κ1) is 15.2. The summed E-state index contributed by atoms with van der Waals surface area (Å²) in [5, 5.41) is 7.02. The molecule has 0 fully saturated rings. The number of hydrogen-bond donors (Lipinski definition) is 1. The monoisotopic (exact) mass is 293 g/mol. The fourth-order valence-corrected chi connectivity index (χ4v) is 1.80. The van der Waals surface area contributed by atoms with Crippen molar-refractivity contribution in [1.29, 1.82) is 0 Å². The molecule has 0 amide bonds. The first-order valence-corrected chi connectivity index (χ1v) is 6.71. The molecule has 0 spiro atoms. The second-order valence-corrected chi connectivity index (χ2v) is 5.22. The van der Waals surface area contributed by atoms with Gasteiger partial charge in [0.15, 0.2) is 0 Å². The average Bonchev–Trinajstić information content (AvgIpc) is 2.42. The Kier molecular flexibility index (Phi) is 4.67. The molecular formula is C15H17F2N3O. The summed E-state index contributed by atoms with van der Waals surface area (Å²) in [5.74, 6) is -0.948. The fraction of sp³-hybridized carbons (Fsp3) is 0.333. The largest absolute Gasteiger partial charge is 0.383 e. The lowest BCUT2D eigenvalue weighted by Crippen LogP contribution is -2.24. The maximum atomic E-state index is 13.6. The van der Waals surface area contributed by atoms with Crippen molar-refractivity contribution < 1.29 is 8.78 Å². The minimum atomic E-state index is -0.689. The molecule has 0 saturated carbocycles. The molecule has 0 radical (unpaired) electrons. The Hall–Kier alpha value is -2.24. The van der Waals surface area contributed by atoms with Crippen LogP contribution in [0.5, 0.6) is 0 Å². The summed E-state index contributed by atoms with van der Waals surface area (Å²) >= 11 is 0. The zero-order chi connectivity index (χ0) is 15.4. The Morgan fingerprint density at radius 3 is 2.52 bits per heavy atom. The lowest BCUT2D eigenvalue weighted by Gasteiger charge is -2.10. The first-order valence-electron chi connectivity index (χ1n) is 6.71. The van der Waals surface area contributed by atoms with E-state index >= 15 is 0 Å². The minimum Gasteiger partial charge on any atom is -0.383 e. The average molecular weight is 293 g/mol. The molecule has 1 heterocycles. The van der Waals surface area contributed by atoms with E-state index < -0.39 is 17.2 Å². The van der Waals surface area contributed by atoms with E-state index in [1.165, 1.54) is 18.3 Å². The number of anilines is 1. The predicted molar refractivity (Wildman–Crippen MR) is 77.3 cm³/mol. The topological polar surface area (TPSA) is 46.9 Å². The number of rotatable bonds is 5. The Morgan fingerprint density at radius 1 is 1.29 bits per heavy atom. The quantitative estimate of drug-likeness (QED) is 0.922. The van der Waals surface area contributed by atoms with Gasteiger partial charge in [-0.15, -0.1) is 0 Å². The maximum Gasteiger partial charge on any atom is 0.269 e. The van der Waals surface area contributed by atoms with Gasteiger partial charge in [-0.25, -0.2) is 13.5 Å². The molecule has 0 aliphatic carbocycles. The van der Waals surface area contributed by atoms with Crippen LogP contribution in [0.2, 0.25) is 0 Å². The van der Waals surface area contributed by atoms with Gasteiger partial charge in [-0.3, -0.25) is 4.79 Å². The molecule has 112 valence electrons. The van der Waals surface area contributed by atoms with Crippen molar-refractivity contribution in [1.82, 2.24) is 9.78 Å². The highest BCUT2D eigenvalue weighted by Gasteiger charge is 2.10. The molecule has 0 unspecified atom stereocenters. The van der Waals surface area contributed by atoms with E-state index in [4.69, 9.17) is 0 Å². The summed E-state index contributed by atoms with van der Waals surface area (Å²) in [6.45, 7) is 4.57. The van der Waals surface area contributed by atoms with Crippen LogP contribution in [0.15, 0.2) is 35.3 Å². The van der Waals surface area contributed by atoms with E-state index in [0.29, 0.717) is 18.2 Å². The van der Waals surface area contributed by atoms with Crippen molar-refractivity contribution >= 4 is 5.69 Å². The molecule has 1 aromatic carbocycles. The van der Waals surface area contributed by atoms with Gasteiger partial charge in [0.05, 0.1) is 18.4 Å². The number of nitrogens with one attached hydrogen (secondary N) is 1. The van der Waals surface area contributed by atoms with Gasteiger partial charge in [-0.1, -0.05) is 19.9 Å². The van der Waals surface area contributed by atoms with E-state index in [0.717, 1.165) is 16.8 Å². The zero-order valence-electron chi connectivity index (χ0n) is 11.9. The smallest absolute Gasteiger partial charge is 0.269 e. The molecule has 21 heavy (non-hydrogen) atoms. The van der Waals surface area contributed by atoms with Gasteiger partial charge >= 0.3 is 0 Å². The summed E-state index contributed by atoms with van der Waals surface area (Å²) < 4.78 is 28.2. The predicted octanol–water partition coefficient (Wildman–Crippen LogP) is 2.64. The van der Waals surface area contributed by atoms with Crippen LogP contribution >= 0.6 is 0 Å². The van der Waals surface area contributed by atoms with Crippen molar-refractivity contribution in [3.8, 4) is 0 Å². The van der Waals surface area contributed by atoms with Gasteiger partial charge in [-0.2, -0.15) is 5.10 Å². The fourth-order valence-electron chi connectivity index (χ4n) is 1.80. The molecule has 1 aromatic heterocycles. The van der Waals surface area contributed by atoms with E-state index in [9.17, 15) is 13.6 Å². The molecule has 0 saturated heterocycles. The molecule has 0 bridgehead atoms. The molecular weight excluding hydrogens is 276 g/mol. The number of aromatic nitrogens is 2. The van der Waals surface area contributed by atoms with Crippen LogP contribution in [0, 0.1) is 17.6 Å². The molecule has 6 heteroatoms. The number of halogens is 2. The number of hydrogen-bond acceptors (Lipinski definition) is 3. The third kappa shape index (κ3) is 3.87. The lowest BCUT2D eigenvalue weighted by molar-refractivity contribution is 0.524. The normalized spacial score (nSPS) is 10.9. The summed E-state index contributed by atoms with van der Waals surface area (Å²) in [7, 11) is 0. The highest BCUT2D eigenvalue weighted by molar-refractivity contribution is 5.38. The number of nitrogens with zero attached hydrogens (tertiary/aromatic N) is 2. The van der Waals surface area contributed by atoms with Crippen molar-refractivity contribution in [2.75, 3.05) is 11.9 Å². The second-order valence-electron chi connectivity index (χ2n) is 5.22. The molecule has 4 nitrogen and oxygen atoms in total. The second kappa shape index (κ2) is 6.47. The third-order valence-corrected chi connectivity index (χ3v) is 2.95.